The number of carbonyl (C=O) groups is 1. The van der Waals surface area contributed by atoms with Crippen LogP contribution in [0.25, 0.3) is 0 Å². The maximum absolute atomic E-state index is 11.8. The number of nitrogens with one attached hydrogen (secondary N) is 3. The predicted octanol–water partition coefficient (Wildman–Crippen LogP) is 2.89. The Morgan fingerprint density at radius 3 is 2.85 bits per heavy atom. The van der Waals surface area contributed by atoms with E-state index in [1.807, 2.05) is 0 Å². The van der Waals surface area contributed by atoms with Gasteiger partial charge in [0.15, 0.2) is 0 Å². The first-order chi connectivity index (χ1) is 9.69. The first-order valence-corrected chi connectivity index (χ1v) is 6.14. The third-order valence-corrected chi connectivity index (χ3v) is 2.61. The fourth-order valence-electron chi connectivity index (χ4n) is 1.49. The summed E-state index contributed by atoms with van der Waals surface area (Å²) in [4.78, 5) is 15.8. The molecule has 0 aliphatic rings. The first kappa shape index (κ1) is 14.0. The molecule has 104 valence electrons. The lowest BCUT2D eigenvalue weighted by atomic mass is 10.3. The summed E-state index contributed by atoms with van der Waals surface area (Å²) in [6, 6.07) is 9.79. The van der Waals surface area contributed by atoms with Crippen molar-refractivity contribution >= 4 is 29.1 Å². The molecule has 0 fully saturated rings. The standard InChI is InChI=1S/C13H13ClN4O2/c1-20-11-6-5-9(14)8-10(11)16-13(19)18-17-12-4-2-3-7-15-12/h2-8H,1H3,(H,15,17)(H2,16,18,19). The summed E-state index contributed by atoms with van der Waals surface area (Å²) in [5.74, 6) is 1.04. The van der Waals surface area contributed by atoms with Gasteiger partial charge in [-0.25, -0.2) is 9.78 Å². The van der Waals surface area contributed by atoms with E-state index in [9.17, 15) is 4.79 Å². The zero-order chi connectivity index (χ0) is 14.4. The van der Waals surface area contributed by atoms with Crippen LogP contribution < -0.4 is 20.9 Å². The average Bonchev–Trinajstić information content (AvgIpc) is 2.46. The molecular formula is C13H13ClN4O2. The summed E-state index contributed by atoms with van der Waals surface area (Å²) in [6.45, 7) is 0. The molecule has 0 saturated carbocycles. The Bertz CT molecular complexity index is 592. The Morgan fingerprint density at radius 1 is 1.30 bits per heavy atom. The number of ether oxygens (including phenoxy) is 1. The molecule has 3 N–H and O–H groups in total. The number of rotatable bonds is 4. The smallest absolute Gasteiger partial charge is 0.338 e. The van der Waals surface area contributed by atoms with Crippen molar-refractivity contribution in [2.75, 3.05) is 17.9 Å². The zero-order valence-corrected chi connectivity index (χ0v) is 11.4. The quantitative estimate of drug-likeness (QED) is 0.758. The second-order valence-electron chi connectivity index (χ2n) is 3.76. The van der Waals surface area contributed by atoms with Gasteiger partial charge in [0.05, 0.1) is 12.8 Å². The number of amides is 2. The van der Waals surface area contributed by atoms with Gasteiger partial charge in [-0.05, 0) is 30.3 Å². The molecule has 7 heteroatoms. The number of nitrogens with zero attached hydrogens (tertiary/aromatic N) is 1. The molecule has 0 spiro atoms. The molecule has 1 aromatic carbocycles. The highest BCUT2D eigenvalue weighted by Gasteiger charge is 2.07. The number of pyridine rings is 1. The summed E-state index contributed by atoms with van der Waals surface area (Å²) < 4.78 is 5.13. The summed E-state index contributed by atoms with van der Waals surface area (Å²) in [7, 11) is 1.51. The number of methoxy groups -OCH3 is 1. The minimum Gasteiger partial charge on any atom is -0.495 e. The number of hydrazine groups is 1. The van der Waals surface area contributed by atoms with E-state index in [1.165, 1.54) is 7.11 Å². The van der Waals surface area contributed by atoms with Gasteiger partial charge in [-0.1, -0.05) is 17.7 Å². The van der Waals surface area contributed by atoms with Crippen LogP contribution in [0.15, 0.2) is 42.6 Å². The Labute approximate surface area is 121 Å². The molecule has 2 amide bonds. The van der Waals surface area contributed by atoms with Gasteiger partial charge in [-0.3, -0.25) is 10.9 Å². The van der Waals surface area contributed by atoms with Crippen molar-refractivity contribution in [3.05, 3.63) is 47.6 Å². The molecule has 1 aromatic heterocycles. The van der Waals surface area contributed by atoms with Gasteiger partial charge in [-0.15, -0.1) is 0 Å². The van der Waals surface area contributed by atoms with Crippen LogP contribution in [0.1, 0.15) is 0 Å². The Balaban J connectivity index is 1.96. The normalized spacial score (nSPS) is 9.70. The summed E-state index contributed by atoms with van der Waals surface area (Å²) in [5, 5.41) is 3.12. The minimum atomic E-state index is -0.462. The topological polar surface area (TPSA) is 75.3 Å². The highest BCUT2D eigenvalue weighted by molar-refractivity contribution is 6.31. The number of halogens is 1. The largest absolute Gasteiger partial charge is 0.495 e. The highest BCUT2D eigenvalue weighted by atomic mass is 35.5. The van der Waals surface area contributed by atoms with Gasteiger partial charge in [0.2, 0.25) is 0 Å². The average molecular weight is 293 g/mol. The number of hydrogen-bond donors (Lipinski definition) is 3. The van der Waals surface area contributed by atoms with Gasteiger partial charge in [-0.2, -0.15) is 0 Å². The highest BCUT2D eigenvalue weighted by Crippen LogP contribution is 2.27. The third kappa shape index (κ3) is 3.76. The van der Waals surface area contributed by atoms with Crippen molar-refractivity contribution in [1.82, 2.24) is 10.4 Å². The van der Waals surface area contributed by atoms with Crippen molar-refractivity contribution in [3.63, 3.8) is 0 Å². The van der Waals surface area contributed by atoms with Crippen LogP contribution in [0.5, 0.6) is 5.75 Å². The Kier molecular flexibility index (Phi) is 4.62. The molecule has 6 nitrogen and oxygen atoms in total. The van der Waals surface area contributed by atoms with Crippen LogP contribution in [0.2, 0.25) is 5.02 Å². The SMILES string of the molecule is COc1ccc(Cl)cc1NC(=O)NNc1ccccn1. The van der Waals surface area contributed by atoms with E-state index in [-0.39, 0.29) is 0 Å². The van der Waals surface area contributed by atoms with E-state index in [0.29, 0.717) is 22.3 Å². The van der Waals surface area contributed by atoms with Gasteiger partial charge in [0, 0.05) is 11.2 Å². The van der Waals surface area contributed by atoms with Crippen LogP contribution in [0, 0.1) is 0 Å². The van der Waals surface area contributed by atoms with Crippen LogP contribution >= 0.6 is 11.6 Å². The Hall–Kier alpha value is -2.47. The molecular weight excluding hydrogens is 280 g/mol. The number of benzene rings is 1. The molecule has 0 atom stereocenters. The lowest BCUT2D eigenvalue weighted by molar-refractivity contribution is 0.253. The van der Waals surface area contributed by atoms with Crippen molar-refractivity contribution in [1.29, 1.82) is 0 Å². The van der Waals surface area contributed by atoms with E-state index < -0.39 is 6.03 Å². The molecule has 2 rings (SSSR count). The fraction of sp³-hybridized carbons (Fsp3) is 0.0769. The monoisotopic (exact) mass is 292 g/mol. The van der Waals surface area contributed by atoms with Gasteiger partial charge >= 0.3 is 6.03 Å². The maximum Gasteiger partial charge on any atom is 0.338 e. The molecule has 0 saturated heterocycles. The van der Waals surface area contributed by atoms with Gasteiger partial charge in [0.1, 0.15) is 11.6 Å². The fourth-order valence-corrected chi connectivity index (χ4v) is 1.66. The van der Waals surface area contributed by atoms with Crippen LogP contribution in [0.3, 0.4) is 0 Å². The number of hydrogen-bond acceptors (Lipinski definition) is 4. The maximum atomic E-state index is 11.8. The molecule has 0 aliphatic carbocycles. The molecule has 0 bridgehead atoms. The molecule has 0 radical (unpaired) electrons. The number of anilines is 2. The van der Waals surface area contributed by atoms with Crippen LogP contribution in [-0.4, -0.2) is 18.1 Å². The van der Waals surface area contributed by atoms with Gasteiger partial charge < -0.3 is 10.1 Å². The van der Waals surface area contributed by atoms with Gasteiger partial charge in [0.25, 0.3) is 0 Å². The summed E-state index contributed by atoms with van der Waals surface area (Å²) in [6.07, 6.45) is 1.61. The van der Waals surface area contributed by atoms with E-state index >= 15 is 0 Å². The van der Waals surface area contributed by atoms with E-state index in [0.717, 1.165) is 0 Å². The third-order valence-electron chi connectivity index (χ3n) is 2.38. The zero-order valence-electron chi connectivity index (χ0n) is 10.7. The number of urea groups is 1. The van der Waals surface area contributed by atoms with Crippen molar-refractivity contribution < 1.29 is 9.53 Å². The molecule has 0 aliphatic heterocycles. The van der Waals surface area contributed by atoms with Crippen LogP contribution in [-0.2, 0) is 0 Å². The molecule has 20 heavy (non-hydrogen) atoms. The lowest BCUT2D eigenvalue weighted by Crippen LogP contribution is -2.33. The molecule has 0 unspecified atom stereocenters. The molecule has 2 aromatic rings. The number of aromatic nitrogens is 1. The predicted molar refractivity (Wildman–Crippen MR) is 78.0 cm³/mol. The summed E-state index contributed by atoms with van der Waals surface area (Å²) in [5.41, 5.74) is 5.60. The summed E-state index contributed by atoms with van der Waals surface area (Å²) >= 11 is 5.88. The molecule has 1 heterocycles. The lowest BCUT2D eigenvalue weighted by Gasteiger charge is -2.12. The first-order valence-electron chi connectivity index (χ1n) is 5.76. The Morgan fingerprint density at radius 2 is 2.15 bits per heavy atom. The van der Waals surface area contributed by atoms with Crippen molar-refractivity contribution in [2.45, 2.75) is 0 Å². The van der Waals surface area contributed by atoms with Crippen LogP contribution in [0.4, 0.5) is 16.3 Å². The second kappa shape index (κ2) is 6.63. The second-order valence-corrected chi connectivity index (χ2v) is 4.20. The van der Waals surface area contributed by atoms with Crippen molar-refractivity contribution in [2.24, 2.45) is 0 Å². The van der Waals surface area contributed by atoms with E-state index in [2.05, 4.69) is 21.2 Å². The van der Waals surface area contributed by atoms with E-state index in [1.54, 1.807) is 42.6 Å². The van der Waals surface area contributed by atoms with E-state index in [4.69, 9.17) is 16.3 Å². The van der Waals surface area contributed by atoms with Crippen molar-refractivity contribution in [3.8, 4) is 5.75 Å². The number of carbonyl (C=O) groups excluding carboxylic acids is 1. The minimum absolute atomic E-state index is 0.462.